The second-order valence-corrected chi connectivity index (χ2v) is 2.74. The van der Waals surface area contributed by atoms with Crippen LogP contribution in [0.5, 0.6) is 0 Å². The molecule has 0 fully saturated rings. The predicted octanol–water partition coefficient (Wildman–Crippen LogP) is 0.228. The van der Waals surface area contributed by atoms with Crippen molar-refractivity contribution in [3.63, 3.8) is 0 Å². The molecule has 0 atom stereocenters. The quantitative estimate of drug-likeness (QED) is 0.674. The molecule has 1 rings (SSSR count). The first-order valence-corrected chi connectivity index (χ1v) is 4.30. The Hall–Kier alpha value is -1.62. The minimum atomic E-state index is -0.247. The highest BCUT2D eigenvalue weighted by atomic mass is 16.5. The molecule has 0 unspecified atom stereocenters. The molecule has 0 aliphatic rings. The second-order valence-electron chi connectivity index (χ2n) is 2.74. The van der Waals surface area contributed by atoms with Crippen molar-refractivity contribution in [2.45, 2.75) is 6.92 Å². The van der Waals surface area contributed by atoms with E-state index < -0.39 is 0 Å². The van der Waals surface area contributed by atoms with Crippen molar-refractivity contribution >= 4 is 5.91 Å². The normalized spacial score (nSPS) is 10.7. The van der Waals surface area contributed by atoms with Crippen LogP contribution in [0.15, 0.2) is 22.7 Å². The van der Waals surface area contributed by atoms with E-state index in [1.165, 1.54) is 0 Å². The zero-order valence-corrected chi connectivity index (χ0v) is 7.99. The summed E-state index contributed by atoms with van der Waals surface area (Å²) in [6.45, 7) is 2.65. The highest BCUT2D eigenvalue weighted by Crippen LogP contribution is 2.00. The average molecular weight is 195 g/mol. The van der Waals surface area contributed by atoms with E-state index in [0.29, 0.717) is 24.5 Å². The molecular formula is C9H13N3O2. The van der Waals surface area contributed by atoms with Gasteiger partial charge in [0.15, 0.2) is 5.69 Å². The summed E-state index contributed by atoms with van der Waals surface area (Å²) in [4.78, 5) is 11.3. The van der Waals surface area contributed by atoms with Gasteiger partial charge in [-0.15, -0.1) is 0 Å². The van der Waals surface area contributed by atoms with Gasteiger partial charge < -0.3 is 15.6 Å². The zero-order chi connectivity index (χ0) is 10.4. The fourth-order valence-corrected chi connectivity index (χ4v) is 0.895. The molecule has 0 aliphatic carbocycles. The lowest BCUT2D eigenvalue weighted by atomic mass is 10.3. The van der Waals surface area contributed by atoms with Gasteiger partial charge in [0, 0.05) is 19.2 Å². The smallest absolute Gasteiger partial charge is 0.273 e. The molecule has 14 heavy (non-hydrogen) atoms. The van der Waals surface area contributed by atoms with Crippen LogP contribution < -0.4 is 11.1 Å². The summed E-state index contributed by atoms with van der Waals surface area (Å²) in [5.74, 6) is 0.371. The van der Waals surface area contributed by atoms with Crippen LogP contribution in [0.1, 0.15) is 16.2 Å². The number of nitrogens with one attached hydrogen (secondary N) is 1. The van der Waals surface area contributed by atoms with Crippen LogP contribution in [0, 0.1) is 6.92 Å². The number of aromatic nitrogens is 1. The van der Waals surface area contributed by atoms with Gasteiger partial charge in [-0.2, -0.15) is 0 Å². The maximum atomic E-state index is 11.3. The van der Waals surface area contributed by atoms with Gasteiger partial charge in [0.2, 0.25) is 0 Å². The Bertz CT molecular complexity index is 331. The molecule has 5 nitrogen and oxygen atoms in total. The topological polar surface area (TPSA) is 81.2 Å². The predicted molar refractivity (Wildman–Crippen MR) is 51.8 cm³/mol. The van der Waals surface area contributed by atoms with E-state index in [1.807, 2.05) is 0 Å². The molecule has 0 saturated heterocycles. The monoisotopic (exact) mass is 195 g/mol. The van der Waals surface area contributed by atoms with Gasteiger partial charge in [-0.05, 0) is 6.92 Å². The lowest BCUT2D eigenvalue weighted by molar-refractivity contribution is 0.0949. The van der Waals surface area contributed by atoms with E-state index in [2.05, 4.69) is 10.5 Å². The van der Waals surface area contributed by atoms with Crippen LogP contribution in [0.3, 0.4) is 0 Å². The summed E-state index contributed by atoms with van der Waals surface area (Å²) in [6, 6.07) is 1.59. The molecule has 1 aromatic rings. The highest BCUT2D eigenvalue weighted by molar-refractivity contribution is 5.92. The van der Waals surface area contributed by atoms with Crippen molar-refractivity contribution in [2.24, 2.45) is 5.73 Å². The molecular weight excluding hydrogens is 182 g/mol. The van der Waals surface area contributed by atoms with Crippen molar-refractivity contribution < 1.29 is 9.32 Å². The lowest BCUT2D eigenvalue weighted by Crippen LogP contribution is -2.23. The van der Waals surface area contributed by atoms with Gasteiger partial charge in [0.1, 0.15) is 5.76 Å². The number of hydrogen-bond donors (Lipinski definition) is 2. The van der Waals surface area contributed by atoms with Crippen LogP contribution in [0.25, 0.3) is 0 Å². The molecule has 0 aliphatic heterocycles. The van der Waals surface area contributed by atoms with Crippen LogP contribution in [-0.4, -0.2) is 24.2 Å². The maximum absolute atomic E-state index is 11.3. The maximum Gasteiger partial charge on any atom is 0.273 e. The standard InChI is InChI=1S/C9H13N3O2/c1-7-6-8(12-14-7)9(13)11-5-3-2-4-10/h2-3,6H,4-5,10H2,1H3,(H,11,13)/b3-2+. The van der Waals surface area contributed by atoms with Crippen LogP contribution in [0.2, 0.25) is 0 Å². The minimum Gasteiger partial charge on any atom is -0.361 e. The SMILES string of the molecule is Cc1cc(C(=O)NC/C=C/CN)no1. The van der Waals surface area contributed by atoms with Crippen molar-refractivity contribution in [1.29, 1.82) is 0 Å². The minimum absolute atomic E-state index is 0.247. The zero-order valence-electron chi connectivity index (χ0n) is 7.99. The first-order valence-electron chi connectivity index (χ1n) is 4.30. The first-order chi connectivity index (χ1) is 6.74. The van der Waals surface area contributed by atoms with E-state index in [1.54, 1.807) is 25.1 Å². The third kappa shape index (κ3) is 3.02. The van der Waals surface area contributed by atoms with E-state index in [-0.39, 0.29) is 5.91 Å². The first kappa shape index (κ1) is 10.5. The van der Waals surface area contributed by atoms with E-state index in [0.717, 1.165) is 0 Å². The molecule has 1 heterocycles. The summed E-state index contributed by atoms with van der Waals surface area (Å²) in [6.07, 6.45) is 3.55. The molecule has 0 aromatic carbocycles. The van der Waals surface area contributed by atoms with E-state index in [4.69, 9.17) is 10.3 Å². The number of rotatable bonds is 4. The Kier molecular flexibility index (Phi) is 3.87. The van der Waals surface area contributed by atoms with E-state index in [9.17, 15) is 4.79 Å². The van der Waals surface area contributed by atoms with E-state index >= 15 is 0 Å². The fourth-order valence-electron chi connectivity index (χ4n) is 0.895. The number of nitrogens with two attached hydrogens (primary N) is 1. The summed E-state index contributed by atoms with van der Waals surface area (Å²) in [5.41, 5.74) is 5.53. The third-order valence-corrected chi connectivity index (χ3v) is 1.54. The molecule has 1 aromatic heterocycles. The molecule has 0 saturated carbocycles. The number of amides is 1. The van der Waals surface area contributed by atoms with Crippen molar-refractivity contribution in [3.05, 3.63) is 29.7 Å². The summed E-state index contributed by atoms with van der Waals surface area (Å²) in [7, 11) is 0. The molecule has 5 heteroatoms. The third-order valence-electron chi connectivity index (χ3n) is 1.54. The summed E-state index contributed by atoms with van der Waals surface area (Å²) in [5, 5.41) is 6.22. The summed E-state index contributed by atoms with van der Waals surface area (Å²) < 4.78 is 4.76. The molecule has 0 radical (unpaired) electrons. The Labute approximate surface area is 81.9 Å². The fraction of sp³-hybridized carbons (Fsp3) is 0.333. The lowest BCUT2D eigenvalue weighted by Gasteiger charge is -1.96. The molecule has 0 spiro atoms. The van der Waals surface area contributed by atoms with Crippen molar-refractivity contribution in [3.8, 4) is 0 Å². The van der Waals surface area contributed by atoms with Crippen molar-refractivity contribution in [1.82, 2.24) is 10.5 Å². The van der Waals surface area contributed by atoms with Crippen molar-refractivity contribution in [2.75, 3.05) is 13.1 Å². The molecule has 76 valence electrons. The van der Waals surface area contributed by atoms with Crippen LogP contribution in [-0.2, 0) is 0 Å². The number of carbonyl (C=O) groups is 1. The summed E-state index contributed by atoms with van der Waals surface area (Å²) >= 11 is 0. The number of hydrogen-bond acceptors (Lipinski definition) is 4. The highest BCUT2D eigenvalue weighted by Gasteiger charge is 2.08. The van der Waals surface area contributed by atoms with Gasteiger partial charge in [-0.1, -0.05) is 17.3 Å². The number of aryl methyl sites for hydroxylation is 1. The Morgan fingerprint density at radius 1 is 1.71 bits per heavy atom. The van der Waals surface area contributed by atoms with Gasteiger partial charge in [0.05, 0.1) is 0 Å². The Morgan fingerprint density at radius 3 is 3.07 bits per heavy atom. The number of nitrogens with zero attached hydrogens (tertiary/aromatic N) is 1. The van der Waals surface area contributed by atoms with Crippen LogP contribution in [0.4, 0.5) is 0 Å². The number of carbonyl (C=O) groups excluding carboxylic acids is 1. The molecule has 3 N–H and O–H groups in total. The van der Waals surface area contributed by atoms with Crippen LogP contribution >= 0.6 is 0 Å². The Morgan fingerprint density at radius 2 is 2.50 bits per heavy atom. The molecule has 1 amide bonds. The molecule has 0 bridgehead atoms. The van der Waals surface area contributed by atoms with Gasteiger partial charge in [-0.25, -0.2) is 0 Å². The average Bonchev–Trinajstić information content (AvgIpc) is 2.59. The Balaban J connectivity index is 2.39. The van der Waals surface area contributed by atoms with Gasteiger partial charge >= 0.3 is 0 Å². The second kappa shape index (κ2) is 5.18. The largest absolute Gasteiger partial charge is 0.361 e. The van der Waals surface area contributed by atoms with Gasteiger partial charge in [-0.3, -0.25) is 4.79 Å². The van der Waals surface area contributed by atoms with Gasteiger partial charge in [0.25, 0.3) is 5.91 Å².